The van der Waals surface area contributed by atoms with Crippen molar-refractivity contribution in [3.05, 3.63) is 23.3 Å². The Labute approximate surface area is 109 Å². The molecule has 0 saturated carbocycles. The Bertz CT molecular complexity index is 394. The van der Waals surface area contributed by atoms with Crippen LogP contribution in [0.4, 0.5) is 5.69 Å². The summed E-state index contributed by atoms with van der Waals surface area (Å²) in [5.74, 6) is 0.864. The highest BCUT2D eigenvalue weighted by atomic mass is 16.5. The fraction of sp³-hybridized carbons (Fsp3) is 0.571. The molecule has 0 aromatic heterocycles. The molecule has 0 aliphatic carbocycles. The maximum absolute atomic E-state index is 9.82. The average Bonchev–Trinajstić information content (AvgIpc) is 2.28. The molecule has 4 heteroatoms. The Hall–Kier alpha value is -1.26. The van der Waals surface area contributed by atoms with Crippen molar-refractivity contribution in [3.8, 4) is 5.75 Å². The van der Waals surface area contributed by atoms with Gasteiger partial charge in [-0.3, -0.25) is 0 Å². The zero-order valence-electron chi connectivity index (χ0n) is 11.7. The summed E-state index contributed by atoms with van der Waals surface area (Å²) in [6.07, 6.45) is 0.197. The predicted molar refractivity (Wildman–Crippen MR) is 75.4 cm³/mol. The SMILES string of the molecule is COc1c(C)cc(C)cc1N(C)CC(O)CCN. The van der Waals surface area contributed by atoms with Gasteiger partial charge in [0.15, 0.2) is 0 Å². The summed E-state index contributed by atoms with van der Waals surface area (Å²) >= 11 is 0. The van der Waals surface area contributed by atoms with Gasteiger partial charge in [0.2, 0.25) is 0 Å². The highest BCUT2D eigenvalue weighted by molar-refractivity contribution is 5.63. The van der Waals surface area contributed by atoms with Crippen LogP contribution in [0.3, 0.4) is 0 Å². The molecule has 1 unspecified atom stereocenters. The zero-order valence-corrected chi connectivity index (χ0v) is 11.7. The van der Waals surface area contributed by atoms with Gasteiger partial charge in [0.05, 0.1) is 18.9 Å². The number of rotatable bonds is 6. The summed E-state index contributed by atoms with van der Waals surface area (Å²) in [5.41, 5.74) is 8.74. The highest BCUT2D eigenvalue weighted by Crippen LogP contribution is 2.32. The van der Waals surface area contributed by atoms with Crippen molar-refractivity contribution in [3.63, 3.8) is 0 Å². The summed E-state index contributed by atoms with van der Waals surface area (Å²) in [6, 6.07) is 4.16. The lowest BCUT2D eigenvalue weighted by Gasteiger charge is -2.25. The van der Waals surface area contributed by atoms with Crippen LogP contribution in [-0.2, 0) is 0 Å². The van der Waals surface area contributed by atoms with Gasteiger partial charge >= 0.3 is 0 Å². The number of nitrogens with two attached hydrogens (primary N) is 1. The second-order valence-electron chi connectivity index (χ2n) is 4.75. The van der Waals surface area contributed by atoms with Crippen LogP contribution in [-0.4, -0.2) is 38.5 Å². The van der Waals surface area contributed by atoms with Gasteiger partial charge < -0.3 is 20.5 Å². The number of nitrogens with zero attached hydrogens (tertiary/aromatic N) is 1. The first kappa shape index (κ1) is 14.8. The van der Waals surface area contributed by atoms with Crippen LogP contribution in [0.25, 0.3) is 0 Å². The minimum Gasteiger partial charge on any atom is -0.494 e. The van der Waals surface area contributed by atoms with E-state index in [0.717, 1.165) is 17.0 Å². The average molecular weight is 252 g/mol. The Balaban J connectivity index is 2.93. The fourth-order valence-electron chi connectivity index (χ4n) is 2.18. The molecule has 1 atom stereocenters. The summed E-state index contributed by atoms with van der Waals surface area (Å²) < 4.78 is 5.45. The number of ether oxygens (including phenoxy) is 1. The monoisotopic (exact) mass is 252 g/mol. The van der Waals surface area contributed by atoms with E-state index in [1.807, 2.05) is 18.9 Å². The van der Waals surface area contributed by atoms with Gasteiger partial charge in [-0.05, 0) is 44.0 Å². The van der Waals surface area contributed by atoms with Crippen LogP contribution in [0.15, 0.2) is 12.1 Å². The third kappa shape index (κ3) is 3.62. The topological polar surface area (TPSA) is 58.7 Å². The van der Waals surface area contributed by atoms with Crippen molar-refractivity contribution in [1.82, 2.24) is 0 Å². The van der Waals surface area contributed by atoms with E-state index < -0.39 is 6.10 Å². The van der Waals surface area contributed by atoms with Crippen LogP contribution in [0, 0.1) is 13.8 Å². The maximum Gasteiger partial charge on any atom is 0.145 e. The van der Waals surface area contributed by atoms with Crippen LogP contribution in [0.5, 0.6) is 5.75 Å². The number of hydrogen-bond donors (Lipinski definition) is 2. The number of likely N-dealkylation sites (N-methyl/N-ethyl adjacent to an activating group) is 1. The molecule has 0 amide bonds. The van der Waals surface area contributed by atoms with Gasteiger partial charge in [-0.1, -0.05) is 6.07 Å². The molecule has 0 heterocycles. The molecule has 4 nitrogen and oxygen atoms in total. The molecule has 3 N–H and O–H groups in total. The molecule has 1 rings (SSSR count). The molecule has 102 valence electrons. The maximum atomic E-state index is 9.82. The van der Waals surface area contributed by atoms with Gasteiger partial charge in [-0.15, -0.1) is 0 Å². The smallest absolute Gasteiger partial charge is 0.145 e. The van der Waals surface area contributed by atoms with E-state index in [2.05, 4.69) is 19.1 Å². The minimum absolute atomic E-state index is 0.412. The van der Waals surface area contributed by atoms with Crippen molar-refractivity contribution in [2.24, 2.45) is 5.73 Å². The van der Waals surface area contributed by atoms with Crippen molar-refractivity contribution < 1.29 is 9.84 Å². The lowest BCUT2D eigenvalue weighted by atomic mass is 10.1. The van der Waals surface area contributed by atoms with E-state index in [1.165, 1.54) is 5.56 Å². The first-order valence-corrected chi connectivity index (χ1v) is 6.24. The number of anilines is 1. The van der Waals surface area contributed by atoms with Gasteiger partial charge in [-0.2, -0.15) is 0 Å². The Morgan fingerprint density at radius 1 is 1.39 bits per heavy atom. The van der Waals surface area contributed by atoms with E-state index in [0.29, 0.717) is 19.5 Å². The zero-order chi connectivity index (χ0) is 13.7. The van der Waals surface area contributed by atoms with Crippen molar-refractivity contribution in [2.75, 3.05) is 32.1 Å². The number of hydrogen-bond acceptors (Lipinski definition) is 4. The van der Waals surface area contributed by atoms with E-state index in [9.17, 15) is 5.11 Å². The van der Waals surface area contributed by atoms with E-state index in [4.69, 9.17) is 10.5 Å². The molecule has 0 aliphatic heterocycles. The fourth-order valence-corrected chi connectivity index (χ4v) is 2.18. The molecule has 1 aromatic carbocycles. The third-order valence-electron chi connectivity index (χ3n) is 3.00. The summed E-state index contributed by atoms with van der Waals surface area (Å²) in [4.78, 5) is 2.01. The number of aryl methyl sites for hydroxylation is 2. The quantitative estimate of drug-likeness (QED) is 0.804. The van der Waals surface area contributed by atoms with Crippen molar-refractivity contribution in [1.29, 1.82) is 0 Å². The molecule has 1 aromatic rings. The van der Waals surface area contributed by atoms with Gasteiger partial charge in [0, 0.05) is 13.6 Å². The molecule has 0 saturated heterocycles. The van der Waals surface area contributed by atoms with E-state index >= 15 is 0 Å². The third-order valence-corrected chi connectivity index (χ3v) is 3.00. The predicted octanol–water partition coefficient (Wildman–Crippen LogP) is 1.46. The normalized spacial score (nSPS) is 12.3. The highest BCUT2D eigenvalue weighted by Gasteiger charge is 2.14. The summed E-state index contributed by atoms with van der Waals surface area (Å²) in [7, 11) is 3.63. The molecule has 0 spiro atoms. The van der Waals surface area contributed by atoms with Gasteiger partial charge in [0.25, 0.3) is 0 Å². The van der Waals surface area contributed by atoms with Gasteiger partial charge in [-0.25, -0.2) is 0 Å². The van der Waals surface area contributed by atoms with Crippen molar-refractivity contribution >= 4 is 5.69 Å². The molecule has 0 fully saturated rings. The molecule has 18 heavy (non-hydrogen) atoms. The molecule has 0 bridgehead atoms. The van der Waals surface area contributed by atoms with E-state index in [1.54, 1.807) is 7.11 Å². The minimum atomic E-state index is -0.412. The summed E-state index contributed by atoms with van der Waals surface area (Å²) in [5, 5.41) is 9.82. The Morgan fingerprint density at radius 2 is 2.06 bits per heavy atom. The first-order chi connectivity index (χ1) is 8.49. The van der Waals surface area contributed by atoms with Crippen LogP contribution >= 0.6 is 0 Å². The van der Waals surface area contributed by atoms with Crippen LogP contribution in [0.2, 0.25) is 0 Å². The Kier molecular flexibility index (Phi) is 5.44. The van der Waals surface area contributed by atoms with Crippen molar-refractivity contribution in [2.45, 2.75) is 26.4 Å². The molecular formula is C14H24N2O2. The summed E-state index contributed by atoms with van der Waals surface area (Å²) in [6.45, 7) is 5.13. The second-order valence-corrected chi connectivity index (χ2v) is 4.75. The first-order valence-electron chi connectivity index (χ1n) is 6.24. The number of aliphatic hydroxyl groups is 1. The molecule has 0 aliphatic rings. The van der Waals surface area contributed by atoms with Crippen LogP contribution in [0.1, 0.15) is 17.5 Å². The number of aliphatic hydroxyl groups excluding tert-OH is 1. The Morgan fingerprint density at radius 3 is 2.61 bits per heavy atom. The lowest BCUT2D eigenvalue weighted by Crippen LogP contribution is -2.30. The lowest BCUT2D eigenvalue weighted by molar-refractivity contribution is 0.174. The van der Waals surface area contributed by atoms with E-state index in [-0.39, 0.29) is 0 Å². The second kappa shape index (κ2) is 6.61. The number of methoxy groups -OCH3 is 1. The molecular weight excluding hydrogens is 228 g/mol. The largest absolute Gasteiger partial charge is 0.494 e. The number of benzene rings is 1. The van der Waals surface area contributed by atoms with Gasteiger partial charge in [0.1, 0.15) is 5.75 Å². The standard InChI is InChI=1S/C14H24N2O2/c1-10-7-11(2)14(18-4)13(8-10)16(3)9-12(17)5-6-15/h7-8,12,17H,5-6,9,15H2,1-4H3. The molecule has 0 radical (unpaired) electrons. The van der Waals surface area contributed by atoms with Crippen LogP contribution < -0.4 is 15.4 Å².